The van der Waals surface area contributed by atoms with Crippen LogP contribution in [0.1, 0.15) is 6.92 Å². The first kappa shape index (κ1) is 16.1. The van der Waals surface area contributed by atoms with Gasteiger partial charge in [0, 0.05) is 5.39 Å². The molecule has 0 unspecified atom stereocenters. The molecule has 0 bridgehead atoms. The number of fused-ring (bicyclic) bond motifs is 1. The minimum atomic E-state index is -3.79. The Morgan fingerprint density at radius 2 is 1.72 bits per heavy atom. The first-order valence-electron chi connectivity index (χ1n) is 5.08. The van der Waals surface area contributed by atoms with Crippen molar-refractivity contribution in [2.75, 3.05) is 0 Å². The summed E-state index contributed by atoms with van der Waals surface area (Å²) in [6.07, 6.45) is 0. The van der Waals surface area contributed by atoms with Crippen molar-refractivity contribution in [1.29, 1.82) is 0 Å². The van der Waals surface area contributed by atoms with E-state index in [4.69, 9.17) is 4.18 Å². The third-order valence-corrected chi connectivity index (χ3v) is 3.67. The van der Waals surface area contributed by atoms with Crippen LogP contribution in [0.4, 0.5) is 0 Å². The Morgan fingerprint density at radius 1 is 1.11 bits per heavy atom. The van der Waals surface area contributed by atoms with Gasteiger partial charge in [0.1, 0.15) is 10.7 Å². The van der Waals surface area contributed by atoms with E-state index >= 15 is 0 Å². The molecule has 2 aromatic rings. The summed E-state index contributed by atoms with van der Waals surface area (Å²) in [4.78, 5) is 0.165. The van der Waals surface area contributed by atoms with Gasteiger partial charge in [-0.25, -0.2) is 0 Å². The molecule has 0 aromatic heterocycles. The van der Waals surface area contributed by atoms with Crippen molar-refractivity contribution >= 4 is 79.1 Å². The second kappa shape index (κ2) is 6.43. The first-order valence-corrected chi connectivity index (χ1v) is 6.49. The molecule has 0 aliphatic heterocycles. The van der Waals surface area contributed by atoms with Crippen molar-refractivity contribution in [3.05, 3.63) is 54.8 Å². The van der Waals surface area contributed by atoms with Crippen LogP contribution < -0.4 is 0 Å². The Kier molecular flexibility index (Phi) is 5.74. The fraction of sp³-hybridized carbons (Fsp3) is 0.0769. The monoisotopic (exact) mass is 334 g/mol. The number of hydrogen-bond donors (Lipinski definition) is 0. The van der Waals surface area contributed by atoms with Crippen molar-refractivity contribution in [2.45, 2.75) is 11.8 Å². The first-order chi connectivity index (χ1) is 8.00. The van der Waals surface area contributed by atoms with E-state index in [1.165, 1.54) is 13.0 Å². The minimum absolute atomic E-state index is 0. The number of allylic oxidation sites excluding steroid dienone is 1. The number of rotatable bonds is 3. The number of hydrogen-bond acceptors (Lipinski definition) is 3. The van der Waals surface area contributed by atoms with E-state index in [-0.39, 0.29) is 68.8 Å². The van der Waals surface area contributed by atoms with Gasteiger partial charge in [0.25, 0.3) is 0 Å². The Balaban J connectivity index is 0.00000162. The Labute approximate surface area is 156 Å². The predicted molar refractivity (Wildman–Crippen MR) is 74.2 cm³/mol. The van der Waals surface area contributed by atoms with E-state index in [9.17, 15) is 8.42 Å². The molecule has 0 atom stereocenters. The maximum atomic E-state index is 12.0. The normalized spacial score (nSPS) is 10.7. The van der Waals surface area contributed by atoms with Gasteiger partial charge in [0.2, 0.25) is 0 Å². The summed E-state index contributed by atoms with van der Waals surface area (Å²) in [6, 6.07) is 12.3. The third-order valence-electron chi connectivity index (χ3n) is 2.27. The molecule has 3 nitrogen and oxygen atoms in total. The zero-order chi connectivity index (χ0) is 12.5. The summed E-state index contributed by atoms with van der Waals surface area (Å²) in [7, 11) is -3.79. The molecule has 0 amide bonds. The quantitative estimate of drug-likeness (QED) is 0.639. The SMILES string of the molecule is C=C(C)OS(=O)(=O)c1cccc2ccccc12.[RbH]. The van der Waals surface area contributed by atoms with Gasteiger partial charge in [-0.2, -0.15) is 8.42 Å². The molecule has 0 saturated carbocycles. The average molecular weight is 335 g/mol. The average Bonchev–Trinajstić information content (AvgIpc) is 2.26. The summed E-state index contributed by atoms with van der Waals surface area (Å²) in [6.45, 7) is 4.95. The van der Waals surface area contributed by atoms with Gasteiger partial charge in [-0.1, -0.05) is 43.0 Å². The Morgan fingerprint density at radius 3 is 2.39 bits per heavy atom. The van der Waals surface area contributed by atoms with E-state index in [0.717, 1.165) is 5.39 Å². The Bertz CT molecular complexity index is 672. The van der Waals surface area contributed by atoms with Crippen LogP contribution in [0.25, 0.3) is 10.8 Å². The molecule has 2 rings (SSSR count). The topological polar surface area (TPSA) is 43.4 Å². The maximum absolute atomic E-state index is 12.0. The standard InChI is InChI=1S/C13H12O3S.Rb.H/c1-10(2)16-17(14,15)13-9-5-7-11-6-3-4-8-12(11)13;;/h3-9H,1H2,2H3;;. The van der Waals surface area contributed by atoms with E-state index in [2.05, 4.69) is 6.58 Å². The van der Waals surface area contributed by atoms with Gasteiger partial charge in [-0.05, 0) is 18.4 Å². The van der Waals surface area contributed by atoms with Crippen LogP contribution in [0, 0.1) is 0 Å². The fourth-order valence-electron chi connectivity index (χ4n) is 1.65. The summed E-state index contributed by atoms with van der Waals surface area (Å²) < 4.78 is 28.8. The summed E-state index contributed by atoms with van der Waals surface area (Å²) in [5, 5.41) is 1.51. The molecule has 0 aliphatic rings. The molecular formula is C13H13O3RbS. The van der Waals surface area contributed by atoms with Crippen LogP contribution in [0.15, 0.2) is 59.7 Å². The van der Waals surface area contributed by atoms with Gasteiger partial charge in [-0.15, -0.1) is 0 Å². The molecule has 0 spiro atoms. The summed E-state index contributed by atoms with van der Waals surface area (Å²) >= 11 is 0. The van der Waals surface area contributed by atoms with Gasteiger partial charge in [-0.3, -0.25) is 0 Å². The van der Waals surface area contributed by atoms with E-state index < -0.39 is 10.1 Å². The molecule has 90 valence electrons. The zero-order valence-corrected chi connectivity index (χ0v) is 10.2. The second-order valence-electron chi connectivity index (χ2n) is 3.72. The van der Waals surface area contributed by atoms with Crippen molar-refractivity contribution in [2.24, 2.45) is 0 Å². The van der Waals surface area contributed by atoms with Crippen LogP contribution in [0.2, 0.25) is 0 Å². The zero-order valence-electron chi connectivity index (χ0n) is 9.38. The Hall–Kier alpha value is -0.00481. The van der Waals surface area contributed by atoms with E-state index in [1.807, 2.05) is 18.2 Å². The van der Waals surface area contributed by atoms with Gasteiger partial charge < -0.3 is 4.18 Å². The van der Waals surface area contributed by atoms with Gasteiger partial charge >= 0.3 is 68.3 Å². The van der Waals surface area contributed by atoms with Crippen LogP contribution in [0.5, 0.6) is 0 Å². The molecule has 0 radical (unpaired) electrons. The molecule has 0 saturated heterocycles. The van der Waals surface area contributed by atoms with Crippen LogP contribution >= 0.6 is 0 Å². The summed E-state index contributed by atoms with van der Waals surface area (Å²) in [5.41, 5.74) is 0. The molecule has 2 aromatic carbocycles. The fourth-order valence-corrected chi connectivity index (χ4v) is 2.81. The van der Waals surface area contributed by atoms with Crippen molar-refractivity contribution in [3.63, 3.8) is 0 Å². The molecule has 18 heavy (non-hydrogen) atoms. The van der Waals surface area contributed by atoms with E-state index in [0.29, 0.717) is 5.39 Å². The summed E-state index contributed by atoms with van der Waals surface area (Å²) in [5.74, 6) is 0.151. The number of benzene rings is 2. The van der Waals surface area contributed by atoms with Crippen molar-refractivity contribution in [3.8, 4) is 0 Å². The van der Waals surface area contributed by atoms with E-state index in [1.54, 1.807) is 18.2 Å². The molecule has 0 aliphatic carbocycles. The molecular weight excluding hydrogens is 322 g/mol. The van der Waals surface area contributed by atoms with Crippen LogP contribution in [-0.4, -0.2) is 66.6 Å². The van der Waals surface area contributed by atoms with Gasteiger partial charge in [0.05, 0.1) is 0 Å². The molecule has 0 heterocycles. The predicted octanol–water partition coefficient (Wildman–Crippen LogP) is 2.43. The molecule has 0 N–H and O–H groups in total. The van der Waals surface area contributed by atoms with Crippen LogP contribution in [-0.2, 0) is 14.3 Å². The van der Waals surface area contributed by atoms with Crippen molar-refractivity contribution in [1.82, 2.24) is 0 Å². The van der Waals surface area contributed by atoms with Crippen LogP contribution in [0.3, 0.4) is 0 Å². The third kappa shape index (κ3) is 3.51. The molecule has 0 fully saturated rings. The molecule has 5 heteroatoms. The van der Waals surface area contributed by atoms with Gasteiger partial charge in [0.15, 0.2) is 0 Å². The second-order valence-corrected chi connectivity index (χ2v) is 5.23. The van der Waals surface area contributed by atoms with Crippen molar-refractivity contribution < 1.29 is 12.6 Å².